The number of rotatable bonds is 4. The average molecular weight is 321 g/mol. The molecule has 1 rings (SSSR count). The highest BCUT2D eigenvalue weighted by Gasteiger charge is 2.32. The summed E-state index contributed by atoms with van der Waals surface area (Å²) in [7, 11) is -3.77. The van der Waals surface area contributed by atoms with Gasteiger partial charge in [-0.15, -0.1) is 0 Å². The normalized spacial score (nSPS) is 13.3. The minimum absolute atomic E-state index is 0.0253. The third-order valence-corrected chi connectivity index (χ3v) is 5.53. The number of amides is 1. The van der Waals surface area contributed by atoms with Crippen LogP contribution in [0.3, 0.4) is 0 Å². The summed E-state index contributed by atoms with van der Waals surface area (Å²) in [6.45, 7) is 1.60. The van der Waals surface area contributed by atoms with Gasteiger partial charge in [-0.3, -0.25) is 4.79 Å². The molecule has 4 N–H and O–H groups in total. The number of primary amides is 1. The molecule has 0 radical (unpaired) electrons. The molecule has 0 aliphatic heterocycles. The van der Waals surface area contributed by atoms with Crippen LogP contribution in [0.5, 0.6) is 0 Å². The lowest BCUT2D eigenvalue weighted by atomic mass is 10.3. The molecule has 1 unspecified atom stereocenters. The summed E-state index contributed by atoms with van der Waals surface area (Å²) in [4.78, 5) is 11.2. The van der Waals surface area contributed by atoms with Crippen LogP contribution in [-0.2, 0) is 14.6 Å². The van der Waals surface area contributed by atoms with Crippen LogP contribution in [0.25, 0.3) is 0 Å². The minimum atomic E-state index is -3.77. The number of nitrogens with two attached hydrogens (primary N) is 2. The monoisotopic (exact) mass is 320 g/mol. The van der Waals surface area contributed by atoms with Gasteiger partial charge in [-0.1, -0.05) is 6.92 Å². The van der Waals surface area contributed by atoms with E-state index in [4.69, 9.17) is 11.5 Å². The summed E-state index contributed by atoms with van der Waals surface area (Å²) < 4.78 is 24.7. The standard InChI is InChI=1S/C10H13BrN2O3S/c1-2-8(10(13)14)17(15,16)9-4-3-6(12)5-7(9)11/h3-5,8H,2,12H2,1H3,(H2,13,14). The molecule has 0 fully saturated rings. The Hall–Kier alpha value is -1.08. The van der Waals surface area contributed by atoms with Crippen LogP contribution >= 0.6 is 15.9 Å². The van der Waals surface area contributed by atoms with E-state index in [1.165, 1.54) is 18.2 Å². The van der Waals surface area contributed by atoms with Gasteiger partial charge >= 0.3 is 0 Å². The molecule has 0 aliphatic rings. The molecule has 7 heteroatoms. The van der Waals surface area contributed by atoms with Gasteiger partial charge < -0.3 is 11.5 Å². The maximum atomic E-state index is 12.2. The Morgan fingerprint density at radius 2 is 2.06 bits per heavy atom. The van der Waals surface area contributed by atoms with E-state index in [0.717, 1.165) is 0 Å². The summed E-state index contributed by atoms with van der Waals surface area (Å²) in [6.07, 6.45) is 0.133. The number of hydrogen-bond donors (Lipinski definition) is 2. The van der Waals surface area contributed by atoms with Gasteiger partial charge in [0.05, 0.1) is 4.90 Å². The van der Waals surface area contributed by atoms with Crippen molar-refractivity contribution >= 4 is 37.4 Å². The third kappa shape index (κ3) is 2.78. The second-order valence-corrected chi connectivity index (χ2v) is 6.49. The van der Waals surface area contributed by atoms with Gasteiger partial charge in [-0.05, 0) is 40.5 Å². The maximum absolute atomic E-state index is 12.2. The zero-order valence-electron chi connectivity index (χ0n) is 9.18. The first-order valence-electron chi connectivity index (χ1n) is 4.89. The summed E-state index contributed by atoms with van der Waals surface area (Å²) >= 11 is 3.12. The van der Waals surface area contributed by atoms with Crippen molar-refractivity contribution in [2.24, 2.45) is 5.73 Å². The average Bonchev–Trinajstić information content (AvgIpc) is 2.16. The zero-order valence-corrected chi connectivity index (χ0v) is 11.6. The number of nitrogen functional groups attached to an aromatic ring is 1. The van der Waals surface area contributed by atoms with Gasteiger partial charge in [0.25, 0.3) is 0 Å². The number of benzene rings is 1. The second kappa shape index (κ2) is 5.05. The SMILES string of the molecule is CCC(C(N)=O)S(=O)(=O)c1ccc(N)cc1Br. The molecule has 94 valence electrons. The molecule has 0 bridgehead atoms. The van der Waals surface area contributed by atoms with E-state index >= 15 is 0 Å². The molecule has 1 amide bonds. The molecule has 0 aromatic heterocycles. The van der Waals surface area contributed by atoms with E-state index in [1.807, 2.05) is 0 Å². The molecule has 1 atom stereocenters. The molecule has 5 nitrogen and oxygen atoms in total. The number of anilines is 1. The predicted octanol–water partition coefficient (Wildman–Crippen LogP) is 1.07. The smallest absolute Gasteiger partial charge is 0.236 e. The topological polar surface area (TPSA) is 103 Å². The van der Waals surface area contributed by atoms with Gasteiger partial charge in [0.2, 0.25) is 5.91 Å². The fourth-order valence-corrected chi connectivity index (χ4v) is 4.19. The van der Waals surface area contributed by atoms with E-state index in [2.05, 4.69) is 15.9 Å². The van der Waals surface area contributed by atoms with Crippen LogP contribution in [0.15, 0.2) is 27.6 Å². The molecular weight excluding hydrogens is 308 g/mol. The van der Waals surface area contributed by atoms with Crippen molar-refractivity contribution in [1.82, 2.24) is 0 Å². The van der Waals surface area contributed by atoms with Crippen molar-refractivity contribution < 1.29 is 13.2 Å². The van der Waals surface area contributed by atoms with Crippen LogP contribution in [0.1, 0.15) is 13.3 Å². The summed E-state index contributed by atoms with van der Waals surface area (Å²) in [5.41, 5.74) is 11.0. The lowest BCUT2D eigenvalue weighted by Crippen LogP contribution is -2.35. The first-order chi connectivity index (χ1) is 7.80. The highest BCUT2D eigenvalue weighted by molar-refractivity contribution is 9.10. The van der Waals surface area contributed by atoms with Crippen molar-refractivity contribution in [3.8, 4) is 0 Å². The van der Waals surface area contributed by atoms with Gasteiger partial charge in [0.1, 0.15) is 5.25 Å². The molecule has 0 spiro atoms. The molecule has 0 heterocycles. The predicted molar refractivity (Wildman–Crippen MR) is 69.0 cm³/mol. The number of carbonyl (C=O) groups is 1. The number of halogens is 1. The van der Waals surface area contributed by atoms with Crippen molar-refractivity contribution in [2.45, 2.75) is 23.5 Å². The highest BCUT2D eigenvalue weighted by atomic mass is 79.9. The molecule has 0 saturated heterocycles. The Balaban J connectivity index is 3.35. The van der Waals surface area contributed by atoms with Crippen LogP contribution in [0, 0.1) is 0 Å². The molecule has 0 aliphatic carbocycles. The molecule has 1 aromatic carbocycles. The van der Waals surface area contributed by atoms with E-state index in [-0.39, 0.29) is 11.3 Å². The Labute approximate surface area is 108 Å². The summed E-state index contributed by atoms with van der Waals surface area (Å²) in [5.74, 6) is -0.851. The lowest BCUT2D eigenvalue weighted by molar-refractivity contribution is -0.117. The third-order valence-electron chi connectivity index (χ3n) is 2.33. The minimum Gasteiger partial charge on any atom is -0.399 e. The molecule has 17 heavy (non-hydrogen) atoms. The first kappa shape index (κ1) is 14.0. The van der Waals surface area contributed by atoms with Crippen molar-refractivity contribution in [3.63, 3.8) is 0 Å². The Kier molecular flexibility index (Phi) is 4.16. The molecular formula is C10H13BrN2O3S. The Morgan fingerprint density at radius 3 is 2.47 bits per heavy atom. The van der Waals surface area contributed by atoms with E-state index in [1.54, 1.807) is 6.92 Å². The first-order valence-corrected chi connectivity index (χ1v) is 7.22. The van der Waals surface area contributed by atoms with Gasteiger partial charge in [0, 0.05) is 10.2 Å². The molecule has 1 aromatic rings. The summed E-state index contributed by atoms with van der Waals surface area (Å²) in [5, 5.41) is -1.22. The zero-order chi connectivity index (χ0) is 13.2. The van der Waals surface area contributed by atoms with Gasteiger partial charge in [-0.2, -0.15) is 0 Å². The van der Waals surface area contributed by atoms with Crippen LogP contribution in [-0.4, -0.2) is 19.6 Å². The maximum Gasteiger partial charge on any atom is 0.236 e. The van der Waals surface area contributed by atoms with E-state index < -0.39 is 21.0 Å². The van der Waals surface area contributed by atoms with Crippen molar-refractivity contribution in [2.75, 3.05) is 5.73 Å². The second-order valence-electron chi connectivity index (χ2n) is 3.53. The van der Waals surface area contributed by atoms with Crippen molar-refractivity contribution in [3.05, 3.63) is 22.7 Å². The van der Waals surface area contributed by atoms with Crippen LogP contribution in [0.2, 0.25) is 0 Å². The Bertz CT molecular complexity index is 542. The summed E-state index contributed by atoms with van der Waals surface area (Å²) in [6, 6.07) is 4.30. The highest BCUT2D eigenvalue weighted by Crippen LogP contribution is 2.28. The van der Waals surface area contributed by atoms with Gasteiger partial charge in [0.15, 0.2) is 9.84 Å². The lowest BCUT2D eigenvalue weighted by Gasteiger charge is -2.13. The fraction of sp³-hybridized carbons (Fsp3) is 0.300. The number of carbonyl (C=O) groups excluding carboxylic acids is 1. The quantitative estimate of drug-likeness (QED) is 0.810. The molecule has 0 saturated carbocycles. The Morgan fingerprint density at radius 1 is 1.47 bits per heavy atom. The fourth-order valence-electron chi connectivity index (χ4n) is 1.47. The van der Waals surface area contributed by atoms with Gasteiger partial charge in [-0.25, -0.2) is 8.42 Å². The number of hydrogen-bond acceptors (Lipinski definition) is 4. The van der Waals surface area contributed by atoms with E-state index in [0.29, 0.717) is 10.2 Å². The van der Waals surface area contributed by atoms with Crippen LogP contribution in [0.4, 0.5) is 5.69 Å². The largest absolute Gasteiger partial charge is 0.399 e. The van der Waals surface area contributed by atoms with Crippen LogP contribution < -0.4 is 11.5 Å². The van der Waals surface area contributed by atoms with Crippen molar-refractivity contribution in [1.29, 1.82) is 0 Å². The van der Waals surface area contributed by atoms with E-state index in [9.17, 15) is 13.2 Å². The number of sulfone groups is 1.